The summed E-state index contributed by atoms with van der Waals surface area (Å²) in [5, 5.41) is 8.72. The van der Waals surface area contributed by atoms with E-state index in [1.165, 1.54) is 6.92 Å². The van der Waals surface area contributed by atoms with Gasteiger partial charge in [0.2, 0.25) is 9.70 Å². The minimum absolute atomic E-state index is 0.0439. The van der Waals surface area contributed by atoms with Crippen LogP contribution < -0.4 is 16.0 Å². The third-order valence-electron chi connectivity index (χ3n) is 4.97. The summed E-state index contributed by atoms with van der Waals surface area (Å²) < 4.78 is -1.90. The predicted octanol–water partition coefficient (Wildman–Crippen LogP) is 5.82. The summed E-state index contributed by atoms with van der Waals surface area (Å²) in [7, 11) is 0. The van der Waals surface area contributed by atoms with Crippen LogP contribution in [0.1, 0.15) is 34.3 Å². The molecule has 1 amide bonds. The molecule has 0 saturated carbocycles. The van der Waals surface area contributed by atoms with Gasteiger partial charge in [0, 0.05) is 11.3 Å². The zero-order valence-electron chi connectivity index (χ0n) is 18.1. The monoisotopic (exact) mass is 533 g/mol. The number of hydrogen-bond donors (Lipinski definition) is 3. The molecule has 34 heavy (non-hydrogen) atoms. The number of hydrogen-bond acceptors (Lipinski definition) is 3. The standard InChI is InChI=1S/C25H22Cl3N3O2S/c1-16(32)17-12-14-20(15-13-17)29-24(34)31-23(25(26,27)28)30-22(33)21(18-8-4-2-5-9-18)19-10-6-3-7-11-19/h2-15,21,23H,1H3,(H,30,33)(H2,29,31,34)/t23-/m1/s1. The Bertz CT molecular complexity index is 1100. The molecule has 0 spiro atoms. The number of carbonyl (C=O) groups excluding carboxylic acids is 2. The molecule has 3 aromatic rings. The van der Waals surface area contributed by atoms with E-state index in [0.717, 1.165) is 11.1 Å². The van der Waals surface area contributed by atoms with Crippen LogP contribution in [-0.2, 0) is 4.79 Å². The van der Waals surface area contributed by atoms with Crippen LogP contribution in [0.5, 0.6) is 0 Å². The van der Waals surface area contributed by atoms with Gasteiger partial charge in [-0.1, -0.05) is 95.5 Å². The van der Waals surface area contributed by atoms with E-state index in [4.69, 9.17) is 47.0 Å². The fourth-order valence-electron chi connectivity index (χ4n) is 3.30. The average Bonchev–Trinajstić information content (AvgIpc) is 2.80. The topological polar surface area (TPSA) is 70.2 Å². The maximum Gasteiger partial charge on any atom is 0.233 e. The number of ketones is 1. The Balaban J connectivity index is 1.77. The van der Waals surface area contributed by atoms with Crippen molar-refractivity contribution in [3.63, 3.8) is 0 Å². The molecular weight excluding hydrogens is 513 g/mol. The lowest BCUT2D eigenvalue weighted by atomic mass is 9.90. The molecule has 0 radical (unpaired) electrons. The number of nitrogens with one attached hydrogen (secondary N) is 3. The van der Waals surface area contributed by atoms with Crippen molar-refractivity contribution in [3.05, 3.63) is 102 Å². The second-order valence-corrected chi connectivity index (χ2v) is 10.2. The van der Waals surface area contributed by atoms with Gasteiger partial charge in [-0.15, -0.1) is 0 Å². The Labute approximate surface area is 218 Å². The summed E-state index contributed by atoms with van der Waals surface area (Å²) in [6.07, 6.45) is -1.13. The molecule has 0 heterocycles. The first-order valence-electron chi connectivity index (χ1n) is 10.3. The lowest BCUT2D eigenvalue weighted by Gasteiger charge is -2.29. The van der Waals surface area contributed by atoms with Gasteiger partial charge in [0.15, 0.2) is 10.9 Å². The molecule has 0 aliphatic carbocycles. The van der Waals surface area contributed by atoms with E-state index >= 15 is 0 Å². The van der Waals surface area contributed by atoms with E-state index in [9.17, 15) is 9.59 Å². The number of halogens is 3. The van der Waals surface area contributed by atoms with Crippen LogP contribution >= 0.6 is 47.0 Å². The molecule has 3 rings (SSSR count). The maximum absolute atomic E-state index is 13.4. The van der Waals surface area contributed by atoms with Crippen LogP contribution in [0, 0.1) is 0 Å². The fraction of sp³-hybridized carbons (Fsp3) is 0.160. The van der Waals surface area contributed by atoms with Crippen LogP contribution in [0.25, 0.3) is 0 Å². The molecule has 0 aliphatic heterocycles. The Morgan fingerprint density at radius 1 is 0.794 bits per heavy atom. The predicted molar refractivity (Wildman–Crippen MR) is 143 cm³/mol. The minimum Gasteiger partial charge on any atom is -0.339 e. The molecule has 3 aromatic carbocycles. The first-order chi connectivity index (χ1) is 16.1. The van der Waals surface area contributed by atoms with Crippen molar-refractivity contribution in [1.82, 2.24) is 10.6 Å². The van der Waals surface area contributed by atoms with Gasteiger partial charge in [-0.25, -0.2) is 0 Å². The Morgan fingerprint density at radius 2 is 1.29 bits per heavy atom. The molecule has 5 nitrogen and oxygen atoms in total. The number of alkyl halides is 3. The van der Waals surface area contributed by atoms with Gasteiger partial charge < -0.3 is 16.0 Å². The van der Waals surface area contributed by atoms with Crippen LogP contribution in [0.15, 0.2) is 84.9 Å². The second-order valence-electron chi connectivity index (χ2n) is 7.47. The maximum atomic E-state index is 13.4. The summed E-state index contributed by atoms with van der Waals surface area (Å²) in [5.74, 6) is -1.04. The van der Waals surface area contributed by atoms with Gasteiger partial charge in [-0.05, 0) is 54.5 Å². The molecule has 0 aromatic heterocycles. The molecular formula is C25H22Cl3N3O2S. The van der Waals surface area contributed by atoms with Crippen molar-refractivity contribution in [2.45, 2.75) is 22.8 Å². The number of anilines is 1. The molecule has 0 saturated heterocycles. The van der Waals surface area contributed by atoms with Crippen molar-refractivity contribution < 1.29 is 9.59 Å². The fourth-order valence-corrected chi connectivity index (χ4v) is 3.86. The molecule has 3 N–H and O–H groups in total. The van der Waals surface area contributed by atoms with Gasteiger partial charge in [0.05, 0.1) is 5.92 Å². The van der Waals surface area contributed by atoms with Crippen LogP contribution in [-0.4, -0.2) is 26.8 Å². The van der Waals surface area contributed by atoms with Crippen LogP contribution in [0.4, 0.5) is 5.69 Å². The van der Waals surface area contributed by atoms with E-state index in [-0.39, 0.29) is 16.8 Å². The van der Waals surface area contributed by atoms with E-state index in [2.05, 4.69) is 16.0 Å². The zero-order valence-corrected chi connectivity index (χ0v) is 21.2. The van der Waals surface area contributed by atoms with E-state index < -0.39 is 15.9 Å². The third kappa shape index (κ3) is 7.18. The quantitative estimate of drug-likeness (QED) is 0.154. The van der Waals surface area contributed by atoms with Crippen molar-refractivity contribution in [2.24, 2.45) is 0 Å². The highest BCUT2D eigenvalue weighted by Gasteiger charge is 2.36. The van der Waals surface area contributed by atoms with Gasteiger partial charge in [-0.3, -0.25) is 9.59 Å². The van der Waals surface area contributed by atoms with Gasteiger partial charge in [0.1, 0.15) is 6.17 Å². The first-order valence-corrected chi connectivity index (χ1v) is 11.8. The number of benzene rings is 3. The highest BCUT2D eigenvalue weighted by atomic mass is 35.6. The largest absolute Gasteiger partial charge is 0.339 e. The van der Waals surface area contributed by atoms with Crippen LogP contribution in [0.3, 0.4) is 0 Å². The van der Waals surface area contributed by atoms with Crippen molar-refractivity contribution in [1.29, 1.82) is 0 Å². The molecule has 9 heteroatoms. The lowest BCUT2D eigenvalue weighted by molar-refractivity contribution is -0.122. The van der Waals surface area contributed by atoms with Crippen molar-refractivity contribution in [3.8, 4) is 0 Å². The number of thiocarbonyl (C=S) groups is 1. The number of amides is 1. The normalized spacial score (nSPS) is 12.0. The summed E-state index contributed by atoms with van der Waals surface area (Å²) in [4.78, 5) is 24.9. The molecule has 176 valence electrons. The minimum atomic E-state index is -1.90. The lowest BCUT2D eigenvalue weighted by Crippen LogP contribution is -2.57. The SMILES string of the molecule is CC(=O)c1ccc(NC(=S)N[C@@H](NC(=O)C(c2ccccc2)c2ccccc2)C(Cl)(Cl)Cl)cc1. The van der Waals surface area contributed by atoms with Crippen molar-refractivity contribution in [2.75, 3.05) is 5.32 Å². The summed E-state index contributed by atoms with van der Waals surface area (Å²) >= 11 is 23.9. The second kappa shape index (κ2) is 11.7. The molecule has 0 fully saturated rings. The first kappa shape index (κ1) is 26.0. The summed E-state index contributed by atoms with van der Waals surface area (Å²) in [6, 6.07) is 25.4. The van der Waals surface area contributed by atoms with Gasteiger partial charge >= 0.3 is 0 Å². The number of Topliss-reactive ketones (excluding diaryl/α,β-unsaturated/α-hetero) is 1. The molecule has 1 atom stereocenters. The van der Waals surface area contributed by atoms with Crippen LogP contribution in [0.2, 0.25) is 0 Å². The van der Waals surface area contributed by atoms with Gasteiger partial charge in [-0.2, -0.15) is 0 Å². The summed E-state index contributed by atoms with van der Waals surface area (Å²) in [6.45, 7) is 1.49. The zero-order chi connectivity index (χ0) is 24.7. The molecule has 0 unspecified atom stereocenters. The average molecular weight is 535 g/mol. The highest BCUT2D eigenvalue weighted by molar-refractivity contribution is 7.80. The van der Waals surface area contributed by atoms with Gasteiger partial charge in [0.25, 0.3) is 0 Å². The number of rotatable bonds is 7. The number of carbonyl (C=O) groups is 2. The van der Waals surface area contributed by atoms with E-state index in [1.807, 2.05) is 60.7 Å². The van der Waals surface area contributed by atoms with E-state index in [1.54, 1.807) is 24.3 Å². The Kier molecular flexibility index (Phi) is 8.91. The van der Waals surface area contributed by atoms with Crippen molar-refractivity contribution >= 4 is 69.5 Å². The third-order valence-corrected chi connectivity index (χ3v) is 5.84. The molecule has 0 aliphatic rings. The summed E-state index contributed by atoms with van der Waals surface area (Å²) in [5.41, 5.74) is 2.79. The Hall–Kier alpha value is -2.64. The Morgan fingerprint density at radius 3 is 1.74 bits per heavy atom. The van der Waals surface area contributed by atoms with E-state index in [0.29, 0.717) is 11.3 Å². The molecule has 0 bridgehead atoms. The highest BCUT2D eigenvalue weighted by Crippen LogP contribution is 2.31. The smallest absolute Gasteiger partial charge is 0.233 e.